The molecule has 0 saturated carbocycles. The largest absolute Gasteiger partial charge is 0.387 e. The monoisotopic (exact) mass is 322 g/mol. The van der Waals surface area contributed by atoms with Crippen LogP contribution in [0.4, 0.5) is 14.6 Å². The maximum Gasteiger partial charge on any atom is 0.150 e. The Kier molecular flexibility index (Phi) is 4.58. The van der Waals surface area contributed by atoms with Crippen LogP contribution in [0.5, 0.6) is 0 Å². The zero-order valence-corrected chi connectivity index (χ0v) is 13.0. The van der Waals surface area contributed by atoms with Crippen LogP contribution in [-0.4, -0.2) is 52.9 Å². The molecule has 2 aromatic rings. The number of benzene rings is 1. The summed E-state index contributed by atoms with van der Waals surface area (Å²) in [7, 11) is 0. The second-order valence-electron chi connectivity index (χ2n) is 5.88. The molecule has 23 heavy (non-hydrogen) atoms. The Morgan fingerprint density at radius 1 is 1.22 bits per heavy atom. The van der Waals surface area contributed by atoms with Gasteiger partial charge < -0.3 is 10.0 Å². The highest BCUT2D eigenvalue weighted by Gasteiger charge is 2.22. The first kappa shape index (κ1) is 15.9. The fraction of sp³-hybridized carbons (Fsp3) is 0.438. The molecule has 0 aliphatic carbocycles. The summed E-state index contributed by atoms with van der Waals surface area (Å²) in [6.45, 7) is 5.27. The quantitative estimate of drug-likeness (QED) is 0.902. The summed E-state index contributed by atoms with van der Waals surface area (Å²) in [6.07, 6.45) is -1.04. The van der Waals surface area contributed by atoms with Crippen molar-refractivity contribution in [3.8, 4) is 0 Å². The first-order valence-corrected chi connectivity index (χ1v) is 7.65. The lowest BCUT2D eigenvalue weighted by Gasteiger charge is -2.35. The molecule has 2 heterocycles. The fourth-order valence-corrected chi connectivity index (χ4v) is 2.84. The number of hydrogen-bond donors (Lipinski definition) is 2. The molecule has 5 nitrogen and oxygen atoms in total. The molecule has 1 saturated heterocycles. The van der Waals surface area contributed by atoms with Crippen LogP contribution in [0.25, 0.3) is 0 Å². The second kappa shape index (κ2) is 6.64. The number of aliphatic hydroxyl groups is 1. The minimum Gasteiger partial charge on any atom is -0.387 e. The summed E-state index contributed by atoms with van der Waals surface area (Å²) < 4.78 is 26.9. The summed E-state index contributed by atoms with van der Waals surface area (Å²) in [4.78, 5) is 4.21. The minimum atomic E-state index is -1.04. The molecule has 2 N–H and O–H groups in total. The number of hydrogen-bond acceptors (Lipinski definition) is 4. The maximum atomic E-state index is 13.7. The Hall–Kier alpha value is -1.99. The van der Waals surface area contributed by atoms with Crippen molar-refractivity contribution < 1.29 is 13.9 Å². The Morgan fingerprint density at radius 3 is 2.61 bits per heavy atom. The molecule has 0 amide bonds. The van der Waals surface area contributed by atoms with Crippen LogP contribution in [0, 0.1) is 18.6 Å². The van der Waals surface area contributed by atoms with Crippen molar-refractivity contribution in [2.75, 3.05) is 37.6 Å². The van der Waals surface area contributed by atoms with Gasteiger partial charge in [0.2, 0.25) is 0 Å². The highest BCUT2D eigenvalue weighted by atomic mass is 19.1. The van der Waals surface area contributed by atoms with Crippen LogP contribution in [0.3, 0.4) is 0 Å². The van der Waals surface area contributed by atoms with E-state index in [0.717, 1.165) is 55.9 Å². The SMILES string of the molecule is Cc1cc(N2CCN(CC(O)c3cc(F)ccc3F)CC2)n[nH]1. The van der Waals surface area contributed by atoms with Crippen LogP contribution < -0.4 is 4.90 Å². The average molecular weight is 322 g/mol. The number of aliphatic hydroxyl groups excluding tert-OH is 1. The van der Waals surface area contributed by atoms with Gasteiger partial charge in [-0.3, -0.25) is 10.00 Å². The third kappa shape index (κ3) is 3.68. The number of aryl methyl sites for hydroxylation is 1. The average Bonchev–Trinajstić information content (AvgIpc) is 2.97. The molecular formula is C16H20F2N4O. The van der Waals surface area contributed by atoms with Gasteiger partial charge in [0.1, 0.15) is 11.6 Å². The van der Waals surface area contributed by atoms with Gasteiger partial charge in [0.05, 0.1) is 6.10 Å². The molecule has 0 radical (unpaired) electrons. The van der Waals surface area contributed by atoms with Gasteiger partial charge in [0.25, 0.3) is 0 Å². The molecule has 1 fully saturated rings. The molecule has 1 aromatic carbocycles. The Labute approximate surface area is 133 Å². The molecule has 0 spiro atoms. The van der Waals surface area contributed by atoms with Gasteiger partial charge in [-0.05, 0) is 25.1 Å². The number of β-amino-alcohol motifs (C(OH)–C–C–N with tert-alkyl or cyclic N) is 1. The highest BCUT2D eigenvalue weighted by molar-refractivity contribution is 5.39. The number of nitrogens with one attached hydrogen (secondary N) is 1. The van der Waals surface area contributed by atoms with Crippen LogP contribution >= 0.6 is 0 Å². The molecule has 1 aliphatic rings. The first-order valence-electron chi connectivity index (χ1n) is 7.65. The van der Waals surface area contributed by atoms with E-state index in [1.807, 2.05) is 17.9 Å². The summed E-state index contributed by atoms with van der Waals surface area (Å²) in [5.74, 6) is -0.206. The van der Waals surface area contributed by atoms with Gasteiger partial charge in [0.15, 0.2) is 5.82 Å². The van der Waals surface area contributed by atoms with E-state index in [1.165, 1.54) is 0 Å². The van der Waals surface area contributed by atoms with Crippen molar-refractivity contribution in [3.05, 3.63) is 47.2 Å². The number of halogens is 2. The van der Waals surface area contributed by atoms with Gasteiger partial charge in [-0.2, -0.15) is 5.10 Å². The van der Waals surface area contributed by atoms with E-state index >= 15 is 0 Å². The van der Waals surface area contributed by atoms with Crippen LogP contribution in [0.15, 0.2) is 24.3 Å². The lowest BCUT2D eigenvalue weighted by molar-refractivity contribution is 0.106. The van der Waals surface area contributed by atoms with E-state index in [0.29, 0.717) is 0 Å². The van der Waals surface area contributed by atoms with E-state index in [-0.39, 0.29) is 12.1 Å². The van der Waals surface area contributed by atoms with Crippen molar-refractivity contribution in [1.82, 2.24) is 15.1 Å². The molecule has 1 atom stereocenters. The number of aromatic amines is 1. The number of rotatable bonds is 4. The van der Waals surface area contributed by atoms with Crippen molar-refractivity contribution in [2.24, 2.45) is 0 Å². The second-order valence-corrected chi connectivity index (χ2v) is 5.88. The first-order chi connectivity index (χ1) is 11.0. The van der Waals surface area contributed by atoms with Gasteiger partial charge in [0, 0.05) is 50.0 Å². The highest BCUT2D eigenvalue weighted by Crippen LogP contribution is 2.21. The number of H-pyrrole nitrogens is 1. The van der Waals surface area contributed by atoms with Gasteiger partial charge in [-0.15, -0.1) is 0 Å². The predicted molar refractivity (Wildman–Crippen MR) is 83.3 cm³/mol. The molecule has 7 heteroatoms. The number of nitrogens with zero attached hydrogens (tertiary/aromatic N) is 3. The van der Waals surface area contributed by atoms with Crippen molar-refractivity contribution in [1.29, 1.82) is 0 Å². The molecule has 1 aromatic heterocycles. The van der Waals surface area contributed by atoms with Gasteiger partial charge in [-0.1, -0.05) is 0 Å². The molecule has 124 valence electrons. The third-order valence-corrected chi connectivity index (χ3v) is 4.14. The Balaban J connectivity index is 1.57. The van der Waals surface area contributed by atoms with Crippen molar-refractivity contribution >= 4 is 5.82 Å². The smallest absolute Gasteiger partial charge is 0.150 e. The third-order valence-electron chi connectivity index (χ3n) is 4.14. The maximum absolute atomic E-state index is 13.7. The predicted octanol–water partition coefficient (Wildman–Crippen LogP) is 1.85. The van der Waals surface area contributed by atoms with E-state index in [1.54, 1.807) is 0 Å². The van der Waals surface area contributed by atoms with E-state index < -0.39 is 17.7 Å². The lowest BCUT2D eigenvalue weighted by Crippen LogP contribution is -2.47. The minimum absolute atomic E-state index is 0.00959. The topological polar surface area (TPSA) is 55.4 Å². The van der Waals surface area contributed by atoms with Gasteiger partial charge >= 0.3 is 0 Å². The normalized spacial score (nSPS) is 17.5. The van der Waals surface area contributed by atoms with Crippen LogP contribution in [-0.2, 0) is 0 Å². The summed E-state index contributed by atoms with van der Waals surface area (Å²) in [5.41, 5.74) is 1.02. The number of aromatic nitrogens is 2. The fourth-order valence-electron chi connectivity index (χ4n) is 2.84. The molecule has 1 aliphatic heterocycles. The molecule has 0 bridgehead atoms. The van der Waals surface area contributed by atoms with Crippen molar-refractivity contribution in [2.45, 2.75) is 13.0 Å². The zero-order chi connectivity index (χ0) is 16.4. The summed E-state index contributed by atoms with van der Waals surface area (Å²) in [6, 6.07) is 5.15. The Bertz CT molecular complexity index is 668. The standard InChI is InChI=1S/C16H20F2N4O/c1-11-8-16(20-19-11)22-6-4-21(5-7-22)10-15(23)13-9-12(17)2-3-14(13)18/h2-3,8-9,15,23H,4-7,10H2,1H3,(H,19,20). The summed E-state index contributed by atoms with van der Waals surface area (Å²) in [5, 5.41) is 17.3. The summed E-state index contributed by atoms with van der Waals surface area (Å²) >= 11 is 0. The van der Waals surface area contributed by atoms with Gasteiger partial charge in [-0.25, -0.2) is 8.78 Å². The van der Waals surface area contributed by atoms with Crippen LogP contribution in [0.2, 0.25) is 0 Å². The lowest BCUT2D eigenvalue weighted by atomic mass is 10.1. The number of anilines is 1. The van der Waals surface area contributed by atoms with E-state index in [9.17, 15) is 13.9 Å². The van der Waals surface area contributed by atoms with Crippen molar-refractivity contribution in [3.63, 3.8) is 0 Å². The van der Waals surface area contributed by atoms with Crippen LogP contribution in [0.1, 0.15) is 17.4 Å². The molecule has 1 unspecified atom stereocenters. The molecule has 3 rings (SSSR count). The zero-order valence-electron chi connectivity index (χ0n) is 13.0. The Morgan fingerprint density at radius 2 is 1.96 bits per heavy atom. The van der Waals surface area contributed by atoms with E-state index in [2.05, 4.69) is 15.1 Å². The number of piperazine rings is 1. The van der Waals surface area contributed by atoms with E-state index in [4.69, 9.17) is 0 Å². The molecular weight excluding hydrogens is 302 g/mol.